The van der Waals surface area contributed by atoms with Gasteiger partial charge in [-0.1, -0.05) is 0 Å². The van der Waals surface area contributed by atoms with Gasteiger partial charge in [-0.05, 0) is 30.5 Å². The molecule has 0 atom stereocenters. The van der Waals surface area contributed by atoms with E-state index < -0.39 is 21.4 Å². The van der Waals surface area contributed by atoms with Gasteiger partial charge in [0.2, 0.25) is 0 Å². The van der Waals surface area contributed by atoms with E-state index in [-0.39, 0.29) is 27.4 Å². The zero-order chi connectivity index (χ0) is 19.3. The van der Waals surface area contributed by atoms with Crippen LogP contribution in [0.5, 0.6) is 0 Å². The lowest BCUT2D eigenvalue weighted by Gasteiger charge is -2.04. The van der Waals surface area contributed by atoms with E-state index in [0.717, 1.165) is 17.8 Å². The van der Waals surface area contributed by atoms with E-state index in [2.05, 4.69) is 0 Å². The van der Waals surface area contributed by atoms with Gasteiger partial charge in [-0.15, -0.1) is 11.8 Å². The molecule has 0 fully saturated rings. The monoisotopic (exact) mass is 372 g/mol. The minimum Gasteiger partial charge on any atom is -0.289 e. The van der Waals surface area contributed by atoms with Crippen molar-refractivity contribution < 1.29 is 19.4 Å². The Morgan fingerprint density at radius 2 is 1.27 bits per heavy atom. The van der Waals surface area contributed by atoms with Crippen molar-refractivity contribution in [2.45, 2.75) is 0 Å². The van der Waals surface area contributed by atoms with E-state index in [1.54, 1.807) is 6.26 Å². The molecule has 0 saturated heterocycles. The minimum atomic E-state index is -0.574. The molecule has 0 amide bonds. The molecule has 2 rings (SSSR count). The van der Waals surface area contributed by atoms with E-state index >= 15 is 0 Å². The van der Waals surface area contributed by atoms with Crippen LogP contribution in [0.2, 0.25) is 0 Å². The molecule has 0 N–H and O–H groups in total. The highest BCUT2D eigenvalue weighted by Crippen LogP contribution is 2.22. The van der Waals surface area contributed by atoms with Gasteiger partial charge in [0.15, 0.2) is 11.6 Å². The summed E-state index contributed by atoms with van der Waals surface area (Å²) in [5.41, 5.74) is 0.141. The van der Waals surface area contributed by atoms with Crippen molar-refractivity contribution in [1.82, 2.24) is 0 Å². The Morgan fingerprint density at radius 3 is 1.65 bits per heavy atom. The van der Waals surface area contributed by atoms with Crippen LogP contribution in [0.15, 0.2) is 59.5 Å². The molecule has 0 aliphatic rings. The average Bonchev–Trinajstić information content (AvgIpc) is 2.65. The van der Waals surface area contributed by atoms with Gasteiger partial charge in [0, 0.05) is 41.5 Å². The molecule has 132 valence electrons. The molecule has 0 saturated carbocycles. The van der Waals surface area contributed by atoms with E-state index in [0.29, 0.717) is 0 Å². The maximum absolute atomic E-state index is 12.5. The van der Waals surface area contributed by atoms with Crippen LogP contribution < -0.4 is 0 Å². The summed E-state index contributed by atoms with van der Waals surface area (Å²) in [7, 11) is 0. The number of hydrogen-bond donors (Lipinski definition) is 0. The Hall–Kier alpha value is -3.33. The summed E-state index contributed by atoms with van der Waals surface area (Å²) in [6.45, 7) is 0. The van der Waals surface area contributed by atoms with Gasteiger partial charge in [-0.2, -0.15) is 0 Å². The highest BCUT2D eigenvalue weighted by molar-refractivity contribution is 8.03. The summed E-state index contributed by atoms with van der Waals surface area (Å²) in [6.07, 6.45) is 2.77. The second kappa shape index (κ2) is 8.17. The van der Waals surface area contributed by atoms with Crippen LogP contribution in [0, 0.1) is 20.2 Å². The fraction of sp³-hybridized carbons (Fsp3) is 0.0588. The van der Waals surface area contributed by atoms with Gasteiger partial charge in [0.1, 0.15) is 0 Å². The Labute approximate surface area is 151 Å². The summed E-state index contributed by atoms with van der Waals surface area (Å²) in [5, 5.41) is 21.3. The highest BCUT2D eigenvalue weighted by Gasteiger charge is 2.16. The number of nitro groups is 2. The number of nitrogens with zero attached hydrogens (tertiary/aromatic N) is 2. The first-order chi connectivity index (χ1) is 12.3. The van der Waals surface area contributed by atoms with Gasteiger partial charge in [0.25, 0.3) is 11.4 Å². The first-order valence-electron chi connectivity index (χ1n) is 7.17. The van der Waals surface area contributed by atoms with E-state index in [1.165, 1.54) is 48.5 Å². The molecule has 0 radical (unpaired) electrons. The normalized spacial score (nSPS) is 11.0. The number of non-ortho nitro benzene ring substituents is 2. The average molecular weight is 372 g/mol. The van der Waals surface area contributed by atoms with E-state index in [9.17, 15) is 29.8 Å². The van der Waals surface area contributed by atoms with Gasteiger partial charge in [0.05, 0.1) is 14.8 Å². The summed E-state index contributed by atoms with van der Waals surface area (Å²) >= 11 is 1.06. The van der Waals surface area contributed by atoms with Gasteiger partial charge in [-0.25, -0.2) is 0 Å². The number of thioether (sulfide) groups is 1. The molecule has 2 aromatic carbocycles. The zero-order valence-electron chi connectivity index (χ0n) is 13.4. The zero-order valence-corrected chi connectivity index (χ0v) is 14.3. The van der Waals surface area contributed by atoms with Crippen molar-refractivity contribution in [3.05, 3.63) is 90.9 Å². The van der Waals surface area contributed by atoms with Gasteiger partial charge in [-0.3, -0.25) is 29.8 Å². The van der Waals surface area contributed by atoms with Crippen LogP contribution in [-0.2, 0) is 0 Å². The Balaban J connectivity index is 2.25. The molecule has 0 heterocycles. The maximum Gasteiger partial charge on any atom is 0.269 e. The number of rotatable bonds is 7. The molecule has 0 aliphatic heterocycles. The smallest absolute Gasteiger partial charge is 0.269 e. The fourth-order valence-corrected chi connectivity index (χ4v) is 2.57. The maximum atomic E-state index is 12.5. The molecular formula is C17H12N2O6S. The summed E-state index contributed by atoms with van der Waals surface area (Å²) in [4.78, 5) is 45.0. The SMILES string of the molecule is CS/C(=C/C(=O)c1ccc([N+](=O)[O-])cc1)C(=O)c1ccc([N+](=O)[O-])cc1. The molecule has 0 bridgehead atoms. The molecule has 0 aliphatic carbocycles. The highest BCUT2D eigenvalue weighted by atomic mass is 32.2. The number of nitro benzene ring substituents is 2. The number of ketones is 2. The van der Waals surface area contributed by atoms with Crippen LogP contribution in [-0.4, -0.2) is 27.7 Å². The van der Waals surface area contributed by atoms with Crippen LogP contribution in [0.3, 0.4) is 0 Å². The molecule has 2 aromatic rings. The third kappa shape index (κ3) is 4.39. The first-order valence-corrected chi connectivity index (χ1v) is 8.39. The second-order valence-electron chi connectivity index (χ2n) is 5.01. The van der Waals surface area contributed by atoms with Crippen LogP contribution in [0.25, 0.3) is 0 Å². The fourth-order valence-electron chi connectivity index (χ4n) is 2.04. The third-order valence-electron chi connectivity index (χ3n) is 3.41. The van der Waals surface area contributed by atoms with Crippen molar-refractivity contribution in [2.75, 3.05) is 6.26 Å². The molecule has 9 heteroatoms. The van der Waals surface area contributed by atoms with Crippen LogP contribution in [0.1, 0.15) is 20.7 Å². The van der Waals surface area contributed by atoms with Crippen molar-refractivity contribution in [3.63, 3.8) is 0 Å². The van der Waals surface area contributed by atoms with Gasteiger partial charge < -0.3 is 0 Å². The van der Waals surface area contributed by atoms with Crippen LogP contribution >= 0.6 is 11.8 Å². The minimum absolute atomic E-state index is 0.141. The quantitative estimate of drug-likeness (QED) is 0.313. The van der Waals surface area contributed by atoms with Crippen molar-refractivity contribution >= 4 is 34.7 Å². The Bertz CT molecular complexity index is 904. The molecular weight excluding hydrogens is 360 g/mol. The lowest BCUT2D eigenvalue weighted by atomic mass is 10.1. The lowest BCUT2D eigenvalue weighted by molar-refractivity contribution is -0.385. The van der Waals surface area contributed by atoms with Crippen LogP contribution in [0.4, 0.5) is 11.4 Å². The Morgan fingerprint density at radius 1 is 0.846 bits per heavy atom. The topological polar surface area (TPSA) is 120 Å². The number of carbonyl (C=O) groups excluding carboxylic acids is 2. The molecule has 0 unspecified atom stereocenters. The van der Waals surface area contributed by atoms with Crippen molar-refractivity contribution in [3.8, 4) is 0 Å². The Kier molecular flexibility index (Phi) is 5.97. The van der Waals surface area contributed by atoms with Crippen molar-refractivity contribution in [1.29, 1.82) is 0 Å². The predicted octanol–water partition coefficient (Wildman–Crippen LogP) is 3.82. The second-order valence-corrected chi connectivity index (χ2v) is 5.86. The third-order valence-corrected chi connectivity index (χ3v) is 4.15. The molecule has 8 nitrogen and oxygen atoms in total. The van der Waals surface area contributed by atoms with Gasteiger partial charge >= 0.3 is 0 Å². The summed E-state index contributed by atoms with van der Waals surface area (Å²) in [6, 6.07) is 10.1. The predicted molar refractivity (Wildman–Crippen MR) is 96.5 cm³/mol. The van der Waals surface area contributed by atoms with E-state index in [1.807, 2.05) is 0 Å². The largest absolute Gasteiger partial charge is 0.289 e. The molecule has 0 aromatic heterocycles. The molecule has 26 heavy (non-hydrogen) atoms. The number of Topliss-reactive ketones (excluding diaryl/α,β-unsaturated/α-hetero) is 1. The molecule has 0 spiro atoms. The number of hydrogen-bond acceptors (Lipinski definition) is 7. The number of benzene rings is 2. The first kappa shape index (κ1) is 19.0. The number of carbonyl (C=O) groups is 2. The lowest BCUT2D eigenvalue weighted by Crippen LogP contribution is -2.04. The van der Waals surface area contributed by atoms with Crippen molar-refractivity contribution in [2.24, 2.45) is 0 Å². The summed E-state index contributed by atoms with van der Waals surface area (Å²) < 4.78 is 0. The summed E-state index contributed by atoms with van der Waals surface area (Å²) in [5.74, 6) is -0.915. The van der Waals surface area contributed by atoms with E-state index in [4.69, 9.17) is 0 Å². The standard InChI is InChI=1S/C17H12N2O6S/c1-26-16(17(21)12-4-8-14(9-5-12)19(24)25)10-15(20)11-2-6-13(7-3-11)18(22)23/h2-10H,1H3/b16-10+. The number of allylic oxidation sites excluding steroid dienone is 2.